The lowest BCUT2D eigenvalue weighted by Gasteiger charge is -2.24. The molecule has 77 valence electrons. The molecule has 2 rings (SSSR count). The van der Waals surface area contributed by atoms with Gasteiger partial charge in [-0.25, -0.2) is 0 Å². The molecule has 0 saturated heterocycles. The van der Waals surface area contributed by atoms with E-state index in [4.69, 9.17) is 0 Å². The Bertz CT molecular complexity index is 302. The van der Waals surface area contributed by atoms with Crippen molar-refractivity contribution in [2.24, 2.45) is 0 Å². The van der Waals surface area contributed by atoms with Gasteiger partial charge in [-0.2, -0.15) is 0 Å². The molecule has 1 heterocycles. The summed E-state index contributed by atoms with van der Waals surface area (Å²) in [6.45, 7) is 2.03. The van der Waals surface area contributed by atoms with Crippen LogP contribution in [0.4, 0.5) is 0 Å². The second-order valence-corrected chi connectivity index (χ2v) is 4.49. The Balaban J connectivity index is 2.23. The van der Waals surface area contributed by atoms with Gasteiger partial charge in [-0.15, -0.1) is 10.2 Å². The summed E-state index contributed by atoms with van der Waals surface area (Å²) in [7, 11) is 0. The number of aryl methyl sites for hydroxylation is 1. The lowest BCUT2D eigenvalue weighted by atomic mass is 9.95. The largest absolute Gasteiger partial charge is 0.303 e. The van der Waals surface area contributed by atoms with Crippen molar-refractivity contribution < 1.29 is 0 Å². The second-order valence-electron chi connectivity index (χ2n) is 3.84. The van der Waals surface area contributed by atoms with Crippen LogP contribution in [0, 0.1) is 13.2 Å². The van der Waals surface area contributed by atoms with Crippen molar-refractivity contribution in [3.05, 3.63) is 12.1 Å². The number of nitrogens with zero attached hydrogens (tertiary/aromatic N) is 3. The average Bonchev–Trinajstić information content (AvgIpc) is 2.61. The lowest BCUT2D eigenvalue weighted by molar-refractivity contribution is 0.332. The predicted molar refractivity (Wildman–Crippen MR) is 58.1 cm³/mol. The zero-order chi connectivity index (χ0) is 9.97. The molecule has 0 amide bonds. The summed E-state index contributed by atoms with van der Waals surface area (Å²) in [5, 5.41) is 9.20. The Morgan fingerprint density at radius 2 is 2.00 bits per heavy atom. The third-order valence-corrected chi connectivity index (χ3v) is 3.44. The number of hydrogen-bond donors (Lipinski definition) is 0. The van der Waals surface area contributed by atoms with E-state index in [-0.39, 0.29) is 0 Å². The Kier molecular flexibility index (Phi) is 3.11. The van der Waals surface area contributed by atoms with Crippen LogP contribution < -0.4 is 0 Å². The molecule has 0 aromatic carbocycles. The number of hydrogen-bond acceptors (Lipinski definition) is 3. The minimum atomic E-state index is 0.614. The number of rotatable bonds is 2. The molecule has 1 aromatic heterocycles. The Morgan fingerprint density at radius 3 is 2.64 bits per heavy atom. The zero-order valence-electron chi connectivity index (χ0n) is 8.57. The summed E-state index contributed by atoms with van der Waals surface area (Å²) < 4.78 is 2.26. The number of thioether (sulfide) groups is 1. The van der Waals surface area contributed by atoms with Gasteiger partial charge in [-0.1, -0.05) is 31.0 Å². The van der Waals surface area contributed by atoms with E-state index in [0.717, 1.165) is 11.0 Å². The van der Waals surface area contributed by atoms with E-state index in [2.05, 4.69) is 21.0 Å². The van der Waals surface area contributed by atoms with Crippen LogP contribution in [0.25, 0.3) is 0 Å². The van der Waals surface area contributed by atoms with Gasteiger partial charge in [0.15, 0.2) is 5.16 Å². The molecule has 1 aliphatic rings. The summed E-state index contributed by atoms with van der Waals surface area (Å²) in [6, 6.07) is 0.614. The first kappa shape index (κ1) is 10.0. The minimum absolute atomic E-state index is 0.614. The summed E-state index contributed by atoms with van der Waals surface area (Å²) >= 11 is 1.45. The highest BCUT2D eigenvalue weighted by Gasteiger charge is 2.20. The first-order valence-corrected chi connectivity index (χ1v) is 6.15. The lowest BCUT2D eigenvalue weighted by Crippen LogP contribution is -2.14. The maximum Gasteiger partial charge on any atom is 0.191 e. The van der Waals surface area contributed by atoms with Crippen LogP contribution in [0.2, 0.25) is 0 Å². The smallest absolute Gasteiger partial charge is 0.191 e. The SMILES string of the molecule is [CH2]Sc1nnc(C)n1C1CCCCC1. The van der Waals surface area contributed by atoms with Gasteiger partial charge in [0.05, 0.1) is 0 Å². The fraction of sp³-hybridized carbons (Fsp3) is 0.700. The van der Waals surface area contributed by atoms with Gasteiger partial charge in [0, 0.05) is 12.3 Å². The van der Waals surface area contributed by atoms with E-state index in [1.807, 2.05) is 6.92 Å². The second kappa shape index (κ2) is 4.34. The van der Waals surface area contributed by atoms with E-state index in [9.17, 15) is 0 Å². The van der Waals surface area contributed by atoms with Crippen molar-refractivity contribution in [2.75, 3.05) is 0 Å². The van der Waals surface area contributed by atoms with Crippen molar-refractivity contribution in [3.8, 4) is 0 Å². The third kappa shape index (κ3) is 1.80. The van der Waals surface area contributed by atoms with Crippen molar-refractivity contribution in [1.29, 1.82) is 0 Å². The average molecular weight is 210 g/mol. The fourth-order valence-electron chi connectivity index (χ4n) is 2.21. The van der Waals surface area contributed by atoms with Crippen molar-refractivity contribution >= 4 is 11.8 Å². The fourth-order valence-corrected chi connectivity index (χ4v) is 2.73. The highest BCUT2D eigenvalue weighted by atomic mass is 32.2. The molecule has 0 bridgehead atoms. The monoisotopic (exact) mass is 210 g/mol. The summed E-state index contributed by atoms with van der Waals surface area (Å²) in [6.07, 6.45) is 10.4. The molecule has 14 heavy (non-hydrogen) atoms. The van der Waals surface area contributed by atoms with E-state index >= 15 is 0 Å². The van der Waals surface area contributed by atoms with E-state index in [1.165, 1.54) is 43.9 Å². The molecule has 4 heteroatoms. The standard InChI is InChI=1S/C10H16N3S/c1-8-11-12-10(14-2)13(8)9-6-4-3-5-7-9/h9H,2-7H2,1H3. The normalized spacial score (nSPS) is 18.7. The van der Waals surface area contributed by atoms with Crippen LogP contribution in [-0.2, 0) is 0 Å². The maximum absolute atomic E-state index is 4.12. The molecule has 1 radical (unpaired) electrons. The molecule has 3 nitrogen and oxygen atoms in total. The molecule has 1 fully saturated rings. The van der Waals surface area contributed by atoms with Gasteiger partial charge < -0.3 is 4.57 Å². The number of aromatic nitrogens is 3. The first-order chi connectivity index (χ1) is 6.83. The third-order valence-electron chi connectivity index (χ3n) is 2.90. The molecule has 1 aromatic rings. The molecule has 0 spiro atoms. The molecular formula is C10H16N3S. The Morgan fingerprint density at radius 1 is 1.29 bits per heavy atom. The highest BCUT2D eigenvalue weighted by molar-refractivity contribution is 8.00. The van der Waals surface area contributed by atoms with Gasteiger partial charge in [0.2, 0.25) is 0 Å². The van der Waals surface area contributed by atoms with E-state index in [0.29, 0.717) is 6.04 Å². The molecule has 0 atom stereocenters. The van der Waals surface area contributed by atoms with Crippen molar-refractivity contribution in [2.45, 2.75) is 50.2 Å². The minimum Gasteiger partial charge on any atom is -0.303 e. The molecule has 0 N–H and O–H groups in total. The van der Waals surface area contributed by atoms with Crippen LogP contribution in [0.3, 0.4) is 0 Å². The van der Waals surface area contributed by atoms with Gasteiger partial charge in [-0.05, 0) is 19.8 Å². The molecule has 1 saturated carbocycles. The van der Waals surface area contributed by atoms with Crippen LogP contribution in [-0.4, -0.2) is 14.8 Å². The van der Waals surface area contributed by atoms with Crippen molar-refractivity contribution in [1.82, 2.24) is 14.8 Å². The summed E-state index contributed by atoms with van der Waals surface area (Å²) in [4.78, 5) is 0. The van der Waals surface area contributed by atoms with Gasteiger partial charge in [0.25, 0.3) is 0 Å². The first-order valence-electron chi connectivity index (χ1n) is 5.16. The highest BCUT2D eigenvalue weighted by Crippen LogP contribution is 2.31. The van der Waals surface area contributed by atoms with Crippen LogP contribution in [0.5, 0.6) is 0 Å². The van der Waals surface area contributed by atoms with Crippen molar-refractivity contribution in [3.63, 3.8) is 0 Å². The Labute approximate surface area is 89.3 Å². The topological polar surface area (TPSA) is 30.7 Å². The maximum atomic E-state index is 4.12. The van der Waals surface area contributed by atoms with Gasteiger partial charge in [-0.3, -0.25) is 0 Å². The quantitative estimate of drug-likeness (QED) is 0.703. The van der Waals surface area contributed by atoms with Crippen LogP contribution >= 0.6 is 11.8 Å². The summed E-state index contributed by atoms with van der Waals surface area (Å²) in [5.74, 6) is 1.03. The molecule has 0 aliphatic heterocycles. The van der Waals surface area contributed by atoms with Gasteiger partial charge in [0.1, 0.15) is 5.82 Å². The van der Waals surface area contributed by atoms with Crippen LogP contribution in [0.1, 0.15) is 44.0 Å². The van der Waals surface area contributed by atoms with E-state index < -0.39 is 0 Å². The summed E-state index contributed by atoms with van der Waals surface area (Å²) in [5.41, 5.74) is 0. The molecule has 1 aliphatic carbocycles. The van der Waals surface area contributed by atoms with E-state index in [1.54, 1.807) is 0 Å². The van der Waals surface area contributed by atoms with Gasteiger partial charge >= 0.3 is 0 Å². The Hall–Kier alpha value is -0.510. The van der Waals surface area contributed by atoms with Crippen LogP contribution in [0.15, 0.2) is 5.16 Å². The predicted octanol–water partition coefficient (Wildman–Crippen LogP) is 2.98. The molecular weight excluding hydrogens is 194 g/mol. The zero-order valence-corrected chi connectivity index (χ0v) is 9.39. The molecule has 0 unspecified atom stereocenters.